The number of rotatable bonds is 5. The second-order valence-electron chi connectivity index (χ2n) is 8.04. The SMILES string of the molecule is O=C(Nc1ccc2c(c1)OCCCO2)c1cccc(S(=O)(=O)NC2CCOc3ccccc32)c1. The van der Waals surface area contributed by atoms with Crippen molar-refractivity contribution in [2.45, 2.75) is 23.8 Å². The van der Waals surface area contributed by atoms with E-state index < -0.39 is 22.0 Å². The van der Waals surface area contributed by atoms with Crippen molar-refractivity contribution < 1.29 is 27.4 Å². The predicted molar refractivity (Wildman–Crippen MR) is 126 cm³/mol. The number of benzene rings is 3. The summed E-state index contributed by atoms with van der Waals surface area (Å²) in [6.07, 6.45) is 1.30. The van der Waals surface area contributed by atoms with Gasteiger partial charge in [0.1, 0.15) is 5.75 Å². The minimum absolute atomic E-state index is 0.0165. The van der Waals surface area contributed by atoms with Gasteiger partial charge in [-0.15, -0.1) is 0 Å². The Balaban J connectivity index is 1.33. The first kappa shape index (κ1) is 22.2. The lowest BCUT2D eigenvalue weighted by molar-refractivity contribution is 0.102. The third-order valence-electron chi connectivity index (χ3n) is 5.67. The van der Waals surface area contributed by atoms with E-state index in [9.17, 15) is 13.2 Å². The maximum Gasteiger partial charge on any atom is 0.255 e. The molecule has 1 unspecified atom stereocenters. The molecule has 0 bridgehead atoms. The van der Waals surface area contributed by atoms with Crippen molar-refractivity contribution in [2.24, 2.45) is 0 Å². The summed E-state index contributed by atoms with van der Waals surface area (Å²) in [7, 11) is -3.87. The molecule has 0 saturated heterocycles. The third-order valence-corrected chi connectivity index (χ3v) is 7.14. The average molecular weight is 481 g/mol. The number of anilines is 1. The zero-order valence-electron chi connectivity index (χ0n) is 18.3. The van der Waals surface area contributed by atoms with E-state index in [0.29, 0.717) is 49.2 Å². The van der Waals surface area contributed by atoms with Crippen LogP contribution in [0.5, 0.6) is 17.2 Å². The van der Waals surface area contributed by atoms with Gasteiger partial charge in [0.05, 0.1) is 30.8 Å². The molecule has 34 heavy (non-hydrogen) atoms. The molecule has 2 aliphatic heterocycles. The van der Waals surface area contributed by atoms with Gasteiger partial charge in [-0.2, -0.15) is 0 Å². The van der Waals surface area contributed by atoms with Crippen LogP contribution in [0.2, 0.25) is 0 Å². The average Bonchev–Trinajstić information content (AvgIpc) is 3.09. The summed E-state index contributed by atoms with van der Waals surface area (Å²) in [5, 5.41) is 2.80. The Morgan fingerprint density at radius 1 is 0.824 bits per heavy atom. The summed E-state index contributed by atoms with van der Waals surface area (Å²) in [6.45, 7) is 1.53. The summed E-state index contributed by atoms with van der Waals surface area (Å²) in [4.78, 5) is 12.9. The number of amides is 1. The fourth-order valence-electron chi connectivity index (χ4n) is 3.97. The quantitative estimate of drug-likeness (QED) is 0.574. The summed E-state index contributed by atoms with van der Waals surface area (Å²) in [5.74, 6) is 1.43. The van der Waals surface area contributed by atoms with Crippen molar-refractivity contribution in [3.05, 3.63) is 77.9 Å². The van der Waals surface area contributed by atoms with Gasteiger partial charge in [-0.3, -0.25) is 4.79 Å². The minimum Gasteiger partial charge on any atom is -0.493 e. The Kier molecular flexibility index (Phi) is 6.12. The molecule has 0 radical (unpaired) electrons. The molecule has 0 spiro atoms. The van der Waals surface area contributed by atoms with Crippen LogP contribution in [0.15, 0.2) is 71.6 Å². The largest absolute Gasteiger partial charge is 0.493 e. The van der Waals surface area contributed by atoms with E-state index in [0.717, 1.165) is 12.0 Å². The first-order valence-corrected chi connectivity index (χ1v) is 12.5. The number of sulfonamides is 1. The minimum atomic E-state index is -3.87. The van der Waals surface area contributed by atoms with E-state index in [1.807, 2.05) is 24.3 Å². The Labute approximate surface area is 197 Å². The first-order chi connectivity index (χ1) is 16.5. The van der Waals surface area contributed by atoms with Crippen molar-refractivity contribution in [1.29, 1.82) is 0 Å². The molecule has 1 amide bonds. The van der Waals surface area contributed by atoms with Crippen LogP contribution in [0.1, 0.15) is 34.8 Å². The Bertz CT molecular complexity index is 1320. The van der Waals surface area contributed by atoms with E-state index in [2.05, 4.69) is 10.0 Å². The Morgan fingerprint density at radius 2 is 1.62 bits per heavy atom. The van der Waals surface area contributed by atoms with Crippen molar-refractivity contribution in [3.63, 3.8) is 0 Å². The van der Waals surface area contributed by atoms with Gasteiger partial charge < -0.3 is 19.5 Å². The molecule has 2 N–H and O–H groups in total. The highest BCUT2D eigenvalue weighted by atomic mass is 32.2. The van der Waals surface area contributed by atoms with Gasteiger partial charge in [-0.1, -0.05) is 24.3 Å². The molecule has 176 valence electrons. The number of nitrogens with one attached hydrogen (secondary N) is 2. The number of para-hydroxylation sites is 1. The summed E-state index contributed by atoms with van der Waals surface area (Å²) < 4.78 is 45.9. The van der Waals surface area contributed by atoms with Crippen LogP contribution >= 0.6 is 0 Å². The summed E-state index contributed by atoms with van der Waals surface area (Å²) in [6, 6.07) is 18.1. The van der Waals surface area contributed by atoms with E-state index >= 15 is 0 Å². The molecule has 0 aliphatic carbocycles. The van der Waals surface area contributed by atoms with E-state index in [1.165, 1.54) is 12.1 Å². The molecule has 9 heteroatoms. The molecular weight excluding hydrogens is 456 g/mol. The number of carbonyl (C=O) groups excluding carboxylic acids is 1. The topological polar surface area (TPSA) is 103 Å². The van der Waals surface area contributed by atoms with Gasteiger partial charge in [-0.25, -0.2) is 13.1 Å². The molecule has 2 heterocycles. The molecule has 1 atom stereocenters. The molecule has 2 aliphatic rings. The van der Waals surface area contributed by atoms with E-state index in [4.69, 9.17) is 14.2 Å². The van der Waals surface area contributed by atoms with Gasteiger partial charge in [0.2, 0.25) is 10.0 Å². The molecule has 3 aromatic rings. The Morgan fingerprint density at radius 3 is 2.50 bits per heavy atom. The molecule has 5 rings (SSSR count). The zero-order chi connectivity index (χ0) is 23.5. The maximum atomic E-state index is 13.1. The van der Waals surface area contributed by atoms with Crippen molar-refractivity contribution in [2.75, 3.05) is 25.1 Å². The van der Waals surface area contributed by atoms with Crippen LogP contribution in [0.3, 0.4) is 0 Å². The van der Waals surface area contributed by atoms with Gasteiger partial charge in [0, 0.05) is 35.7 Å². The van der Waals surface area contributed by atoms with Gasteiger partial charge in [0.15, 0.2) is 11.5 Å². The van der Waals surface area contributed by atoms with Crippen LogP contribution in [0.4, 0.5) is 5.69 Å². The molecular formula is C25H24N2O6S. The first-order valence-electron chi connectivity index (χ1n) is 11.0. The highest BCUT2D eigenvalue weighted by Gasteiger charge is 2.27. The van der Waals surface area contributed by atoms with Gasteiger partial charge >= 0.3 is 0 Å². The number of carbonyl (C=O) groups is 1. The van der Waals surface area contributed by atoms with Crippen LogP contribution in [-0.4, -0.2) is 34.1 Å². The lowest BCUT2D eigenvalue weighted by atomic mass is 10.0. The van der Waals surface area contributed by atoms with Crippen molar-refractivity contribution in [1.82, 2.24) is 4.72 Å². The second kappa shape index (κ2) is 9.36. The summed E-state index contributed by atoms with van der Waals surface area (Å²) in [5.41, 5.74) is 1.54. The van der Waals surface area contributed by atoms with Gasteiger partial charge in [-0.05, 0) is 36.4 Å². The standard InChI is InChI=1S/C25H24N2O6S/c28-25(26-18-9-10-23-24(16-18)32-13-4-12-31-23)17-5-3-6-19(15-17)34(29,30)27-21-11-14-33-22-8-2-1-7-20(21)22/h1-3,5-10,15-16,21,27H,4,11-14H2,(H,26,28). The van der Waals surface area contributed by atoms with Crippen LogP contribution in [0, 0.1) is 0 Å². The predicted octanol–water partition coefficient (Wildman–Crippen LogP) is 3.90. The molecule has 3 aromatic carbocycles. The molecule has 8 nitrogen and oxygen atoms in total. The third kappa shape index (κ3) is 4.71. The van der Waals surface area contributed by atoms with Gasteiger partial charge in [0.25, 0.3) is 5.91 Å². The highest BCUT2D eigenvalue weighted by molar-refractivity contribution is 7.89. The normalized spacial score (nSPS) is 17.1. The smallest absolute Gasteiger partial charge is 0.255 e. The zero-order valence-corrected chi connectivity index (χ0v) is 19.1. The fraction of sp³-hybridized carbons (Fsp3) is 0.240. The highest BCUT2D eigenvalue weighted by Crippen LogP contribution is 2.34. The number of ether oxygens (including phenoxy) is 3. The fourth-order valence-corrected chi connectivity index (χ4v) is 5.26. The van der Waals surface area contributed by atoms with Crippen LogP contribution in [0.25, 0.3) is 0 Å². The lowest BCUT2D eigenvalue weighted by Gasteiger charge is -2.26. The van der Waals surface area contributed by atoms with E-state index in [-0.39, 0.29) is 10.5 Å². The Hall–Kier alpha value is -3.56. The van der Waals surface area contributed by atoms with Crippen molar-refractivity contribution in [3.8, 4) is 17.2 Å². The number of hydrogen-bond donors (Lipinski definition) is 2. The van der Waals surface area contributed by atoms with Crippen LogP contribution < -0.4 is 24.2 Å². The number of hydrogen-bond acceptors (Lipinski definition) is 6. The maximum absolute atomic E-state index is 13.1. The number of fused-ring (bicyclic) bond motifs is 2. The second-order valence-corrected chi connectivity index (χ2v) is 9.76. The lowest BCUT2D eigenvalue weighted by Crippen LogP contribution is -2.32. The van der Waals surface area contributed by atoms with Crippen LogP contribution in [-0.2, 0) is 10.0 Å². The van der Waals surface area contributed by atoms with Crippen molar-refractivity contribution >= 4 is 21.6 Å². The van der Waals surface area contributed by atoms with E-state index in [1.54, 1.807) is 30.3 Å². The molecule has 0 fully saturated rings. The monoisotopic (exact) mass is 480 g/mol. The molecule has 0 aromatic heterocycles. The summed E-state index contributed by atoms with van der Waals surface area (Å²) >= 11 is 0. The molecule has 0 saturated carbocycles.